The molecule has 2 unspecified atom stereocenters. The van der Waals surface area contributed by atoms with Crippen molar-refractivity contribution < 1.29 is 9.47 Å². The molecule has 1 saturated heterocycles. The fraction of sp³-hybridized carbons (Fsp3) is 1.00. The van der Waals surface area contributed by atoms with E-state index in [1.54, 1.807) is 0 Å². The van der Waals surface area contributed by atoms with Gasteiger partial charge in [-0.2, -0.15) is 0 Å². The van der Waals surface area contributed by atoms with Crippen LogP contribution in [0.25, 0.3) is 0 Å². The van der Waals surface area contributed by atoms with Crippen LogP contribution in [0.1, 0.15) is 27.2 Å². The maximum atomic E-state index is 5.53. The van der Waals surface area contributed by atoms with E-state index < -0.39 is 0 Å². The number of hydrogen-bond donors (Lipinski definition) is 1. The van der Waals surface area contributed by atoms with Crippen molar-refractivity contribution >= 4 is 0 Å². The molecule has 1 heterocycles. The lowest BCUT2D eigenvalue weighted by molar-refractivity contribution is -0.134. The van der Waals surface area contributed by atoms with Crippen LogP contribution < -0.4 is 5.32 Å². The molecule has 1 fully saturated rings. The van der Waals surface area contributed by atoms with Gasteiger partial charge in [-0.05, 0) is 39.8 Å². The van der Waals surface area contributed by atoms with Gasteiger partial charge in [0.05, 0.1) is 0 Å². The molecule has 1 rings (SSSR count). The molecule has 0 aliphatic carbocycles. The van der Waals surface area contributed by atoms with E-state index in [0.29, 0.717) is 25.2 Å². The molecule has 102 valence electrons. The summed E-state index contributed by atoms with van der Waals surface area (Å²) in [5.41, 5.74) is 0. The third-order valence-electron chi connectivity index (χ3n) is 3.36. The second kappa shape index (κ2) is 8.03. The zero-order valence-corrected chi connectivity index (χ0v) is 11.7. The molecular formula is C13H28N2O2. The fourth-order valence-electron chi connectivity index (χ4n) is 2.44. The number of likely N-dealkylation sites (tertiary alicyclic amines) is 1. The first-order valence-electron chi connectivity index (χ1n) is 6.82. The molecule has 1 aliphatic rings. The van der Waals surface area contributed by atoms with E-state index in [1.165, 1.54) is 19.5 Å². The fourth-order valence-corrected chi connectivity index (χ4v) is 2.44. The first-order valence-corrected chi connectivity index (χ1v) is 6.82. The molecule has 0 spiro atoms. The summed E-state index contributed by atoms with van der Waals surface area (Å²) in [6, 6.07) is 0.592. The van der Waals surface area contributed by atoms with Gasteiger partial charge in [0.25, 0.3) is 0 Å². The van der Waals surface area contributed by atoms with Crippen molar-refractivity contribution in [1.29, 1.82) is 0 Å². The minimum atomic E-state index is -0.100. The summed E-state index contributed by atoms with van der Waals surface area (Å²) < 4.78 is 11.1. The zero-order valence-electron chi connectivity index (χ0n) is 11.7. The molecule has 0 saturated carbocycles. The van der Waals surface area contributed by atoms with E-state index in [-0.39, 0.29) is 6.29 Å². The Labute approximate surface area is 106 Å². The normalized spacial score (nSPS) is 26.6. The number of hydrogen-bond acceptors (Lipinski definition) is 4. The molecule has 1 N–H and O–H groups in total. The lowest BCUT2D eigenvalue weighted by atomic mass is 9.94. The van der Waals surface area contributed by atoms with Gasteiger partial charge in [0, 0.05) is 32.3 Å². The summed E-state index contributed by atoms with van der Waals surface area (Å²) in [5, 5.41) is 3.58. The van der Waals surface area contributed by atoms with E-state index in [2.05, 4.69) is 24.2 Å². The molecule has 0 aromatic carbocycles. The van der Waals surface area contributed by atoms with E-state index in [1.807, 2.05) is 13.8 Å². The van der Waals surface area contributed by atoms with Crippen LogP contribution in [0.4, 0.5) is 0 Å². The second-order valence-electron chi connectivity index (χ2n) is 4.88. The van der Waals surface area contributed by atoms with Gasteiger partial charge in [-0.1, -0.05) is 6.92 Å². The molecule has 0 amide bonds. The van der Waals surface area contributed by atoms with Crippen LogP contribution in [0.15, 0.2) is 0 Å². The Morgan fingerprint density at radius 1 is 1.29 bits per heavy atom. The summed E-state index contributed by atoms with van der Waals surface area (Å²) in [5.74, 6) is 0.692. The van der Waals surface area contributed by atoms with Gasteiger partial charge in [-0.15, -0.1) is 0 Å². The maximum Gasteiger partial charge on any atom is 0.169 e. The maximum absolute atomic E-state index is 5.53. The second-order valence-corrected chi connectivity index (χ2v) is 4.88. The van der Waals surface area contributed by atoms with Gasteiger partial charge in [-0.3, -0.25) is 0 Å². The monoisotopic (exact) mass is 244 g/mol. The topological polar surface area (TPSA) is 33.7 Å². The Kier molecular flexibility index (Phi) is 7.04. The molecule has 17 heavy (non-hydrogen) atoms. The zero-order chi connectivity index (χ0) is 12.7. The van der Waals surface area contributed by atoms with Crippen molar-refractivity contribution in [3.05, 3.63) is 0 Å². The van der Waals surface area contributed by atoms with Crippen LogP contribution in [0.5, 0.6) is 0 Å². The average Bonchev–Trinajstić information content (AvgIpc) is 2.28. The van der Waals surface area contributed by atoms with Gasteiger partial charge in [0.2, 0.25) is 0 Å². The number of piperidine rings is 1. The first-order chi connectivity index (χ1) is 8.17. The summed E-state index contributed by atoms with van der Waals surface area (Å²) in [7, 11) is 2.19. The molecule has 0 radical (unpaired) electrons. The molecule has 0 aromatic rings. The first kappa shape index (κ1) is 14.9. The molecule has 0 bridgehead atoms. The van der Waals surface area contributed by atoms with Crippen LogP contribution in [0, 0.1) is 5.92 Å². The van der Waals surface area contributed by atoms with Gasteiger partial charge in [0.15, 0.2) is 6.29 Å². The highest BCUT2D eigenvalue weighted by atomic mass is 16.7. The Bertz CT molecular complexity index is 196. The minimum absolute atomic E-state index is 0.100. The van der Waals surface area contributed by atoms with E-state index in [0.717, 1.165) is 6.54 Å². The molecule has 2 atom stereocenters. The lowest BCUT2D eigenvalue weighted by Gasteiger charge is -2.36. The van der Waals surface area contributed by atoms with Gasteiger partial charge in [0.1, 0.15) is 0 Å². The van der Waals surface area contributed by atoms with Gasteiger partial charge < -0.3 is 19.7 Å². The number of ether oxygens (including phenoxy) is 2. The van der Waals surface area contributed by atoms with Crippen molar-refractivity contribution in [3.63, 3.8) is 0 Å². The summed E-state index contributed by atoms with van der Waals surface area (Å²) in [6.45, 7) is 10.9. The lowest BCUT2D eigenvalue weighted by Crippen LogP contribution is -2.49. The van der Waals surface area contributed by atoms with Crippen LogP contribution in [0.3, 0.4) is 0 Å². The quantitative estimate of drug-likeness (QED) is 0.685. The molecule has 4 nitrogen and oxygen atoms in total. The average molecular weight is 244 g/mol. The Hall–Kier alpha value is -0.160. The highest BCUT2D eigenvalue weighted by molar-refractivity contribution is 4.81. The van der Waals surface area contributed by atoms with Crippen molar-refractivity contribution in [2.24, 2.45) is 5.92 Å². The molecule has 1 aliphatic heterocycles. The SMILES string of the molecule is CCOC(CNC1CCN(C)CC1C)OCC. The van der Waals surface area contributed by atoms with Crippen LogP contribution in [-0.2, 0) is 9.47 Å². The largest absolute Gasteiger partial charge is 0.352 e. The smallest absolute Gasteiger partial charge is 0.169 e. The molecule has 4 heteroatoms. The van der Waals surface area contributed by atoms with Gasteiger partial charge >= 0.3 is 0 Å². The Morgan fingerprint density at radius 2 is 1.94 bits per heavy atom. The predicted molar refractivity (Wildman–Crippen MR) is 70.1 cm³/mol. The molecular weight excluding hydrogens is 216 g/mol. The standard InChI is InChI=1S/C13H28N2O2/c1-5-16-13(17-6-2)9-14-12-7-8-15(4)10-11(12)3/h11-14H,5-10H2,1-4H3. The van der Waals surface area contributed by atoms with E-state index >= 15 is 0 Å². The van der Waals surface area contributed by atoms with E-state index in [9.17, 15) is 0 Å². The third kappa shape index (κ3) is 5.34. The van der Waals surface area contributed by atoms with Crippen molar-refractivity contribution in [2.45, 2.75) is 39.5 Å². The minimum Gasteiger partial charge on any atom is -0.352 e. The number of rotatable bonds is 7. The summed E-state index contributed by atoms with van der Waals surface area (Å²) in [6.07, 6.45) is 1.11. The van der Waals surface area contributed by atoms with Crippen molar-refractivity contribution in [3.8, 4) is 0 Å². The van der Waals surface area contributed by atoms with Crippen molar-refractivity contribution in [2.75, 3.05) is 39.9 Å². The van der Waals surface area contributed by atoms with Crippen molar-refractivity contribution in [1.82, 2.24) is 10.2 Å². The summed E-state index contributed by atoms with van der Waals surface area (Å²) >= 11 is 0. The summed E-state index contributed by atoms with van der Waals surface area (Å²) in [4.78, 5) is 2.39. The van der Waals surface area contributed by atoms with Crippen LogP contribution in [-0.4, -0.2) is 57.1 Å². The van der Waals surface area contributed by atoms with Gasteiger partial charge in [-0.25, -0.2) is 0 Å². The number of nitrogens with one attached hydrogen (secondary N) is 1. The highest BCUT2D eigenvalue weighted by Crippen LogP contribution is 2.15. The Balaban J connectivity index is 2.27. The van der Waals surface area contributed by atoms with Crippen LogP contribution >= 0.6 is 0 Å². The van der Waals surface area contributed by atoms with Crippen LogP contribution in [0.2, 0.25) is 0 Å². The molecule has 0 aromatic heterocycles. The Morgan fingerprint density at radius 3 is 2.47 bits per heavy atom. The van der Waals surface area contributed by atoms with E-state index in [4.69, 9.17) is 9.47 Å². The third-order valence-corrected chi connectivity index (χ3v) is 3.36. The highest BCUT2D eigenvalue weighted by Gasteiger charge is 2.24. The number of nitrogens with zero attached hydrogens (tertiary/aromatic N) is 1. The predicted octanol–water partition coefficient (Wildman–Crippen LogP) is 1.32.